The normalized spacial score (nSPS) is 14.5. The zero-order chi connectivity index (χ0) is 21.6. The van der Waals surface area contributed by atoms with Crippen molar-refractivity contribution < 1.29 is 9.90 Å². The lowest BCUT2D eigenvalue weighted by molar-refractivity contribution is 0.0712. The lowest BCUT2D eigenvalue weighted by Crippen LogP contribution is -2.38. The molecule has 5 heteroatoms. The van der Waals surface area contributed by atoms with Crippen LogP contribution in [0, 0.1) is 0 Å². The fourth-order valence-electron chi connectivity index (χ4n) is 4.31. The Bertz CT molecular complexity index is 1030. The van der Waals surface area contributed by atoms with Crippen molar-refractivity contribution >= 4 is 5.91 Å². The first kappa shape index (κ1) is 21.1. The van der Waals surface area contributed by atoms with Crippen LogP contribution in [-0.4, -0.2) is 34.0 Å². The summed E-state index contributed by atoms with van der Waals surface area (Å²) in [7, 11) is 0. The second-order valence-electron chi connectivity index (χ2n) is 8.23. The van der Waals surface area contributed by atoms with Gasteiger partial charge < -0.3 is 15.7 Å². The number of phenolic OH excluding ortho intramolecular Hbond substituents is 1. The van der Waals surface area contributed by atoms with E-state index in [4.69, 9.17) is 5.73 Å². The summed E-state index contributed by atoms with van der Waals surface area (Å²) in [5.41, 5.74) is 10.7. The summed E-state index contributed by atoms with van der Waals surface area (Å²) in [6, 6.07) is 17.9. The molecule has 1 fully saturated rings. The van der Waals surface area contributed by atoms with Crippen molar-refractivity contribution in [1.82, 2.24) is 9.88 Å². The number of carbonyl (C=O) groups is 1. The van der Waals surface area contributed by atoms with E-state index in [1.807, 2.05) is 47.5 Å². The van der Waals surface area contributed by atoms with E-state index in [1.54, 1.807) is 12.3 Å². The number of carbonyl (C=O) groups excluding carboxylic acids is 1. The van der Waals surface area contributed by atoms with Crippen LogP contribution in [0.2, 0.25) is 0 Å². The molecule has 3 aromatic rings. The van der Waals surface area contributed by atoms with Gasteiger partial charge in [0.2, 0.25) is 0 Å². The third kappa shape index (κ3) is 5.12. The molecule has 31 heavy (non-hydrogen) atoms. The lowest BCUT2D eigenvalue weighted by Gasteiger charge is -2.32. The molecule has 160 valence electrons. The summed E-state index contributed by atoms with van der Waals surface area (Å²) in [6.45, 7) is 1.80. The molecule has 3 N–H and O–H groups in total. The Labute approximate surface area is 183 Å². The molecule has 0 atom stereocenters. The minimum atomic E-state index is 0.0347. The van der Waals surface area contributed by atoms with Gasteiger partial charge in [-0.25, -0.2) is 0 Å². The highest BCUT2D eigenvalue weighted by atomic mass is 16.3. The minimum Gasteiger partial charge on any atom is -0.508 e. The highest BCUT2D eigenvalue weighted by Crippen LogP contribution is 2.34. The van der Waals surface area contributed by atoms with Crippen LogP contribution in [0.5, 0.6) is 5.75 Å². The third-order valence-corrected chi connectivity index (χ3v) is 6.14. The third-order valence-electron chi connectivity index (χ3n) is 6.14. The molecular weight excluding hydrogens is 386 g/mol. The van der Waals surface area contributed by atoms with E-state index in [9.17, 15) is 9.90 Å². The number of phenols is 1. The van der Waals surface area contributed by atoms with E-state index in [-0.39, 0.29) is 11.8 Å². The number of hydrogen-bond donors (Lipinski definition) is 2. The summed E-state index contributed by atoms with van der Waals surface area (Å²) in [6.07, 6.45) is 6.95. The van der Waals surface area contributed by atoms with Crippen molar-refractivity contribution in [1.29, 1.82) is 0 Å². The fourth-order valence-corrected chi connectivity index (χ4v) is 4.31. The van der Waals surface area contributed by atoms with Crippen LogP contribution in [0.25, 0.3) is 0 Å². The smallest absolute Gasteiger partial charge is 0.255 e. The number of rotatable bonds is 6. The number of amides is 1. The summed E-state index contributed by atoms with van der Waals surface area (Å²) >= 11 is 0. The van der Waals surface area contributed by atoms with E-state index in [0.29, 0.717) is 30.9 Å². The fraction of sp³-hybridized carbons (Fsp3) is 0.308. The zero-order valence-corrected chi connectivity index (χ0v) is 17.7. The van der Waals surface area contributed by atoms with Gasteiger partial charge in [0.15, 0.2) is 0 Å². The molecule has 1 amide bonds. The summed E-state index contributed by atoms with van der Waals surface area (Å²) < 4.78 is 0. The molecule has 1 saturated heterocycles. The number of hydrogen-bond acceptors (Lipinski definition) is 4. The number of benzene rings is 2. The summed E-state index contributed by atoms with van der Waals surface area (Å²) in [5, 5.41) is 10.3. The Morgan fingerprint density at radius 2 is 1.71 bits per heavy atom. The van der Waals surface area contributed by atoms with Gasteiger partial charge in [-0.3, -0.25) is 9.78 Å². The molecule has 0 bridgehead atoms. The first-order valence-corrected chi connectivity index (χ1v) is 10.9. The van der Waals surface area contributed by atoms with E-state index < -0.39 is 0 Å². The largest absolute Gasteiger partial charge is 0.508 e. The maximum absolute atomic E-state index is 13.1. The van der Waals surface area contributed by atoms with Gasteiger partial charge in [0, 0.05) is 32.0 Å². The van der Waals surface area contributed by atoms with Gasteiger partial charge in [0.1, 0.15) is 5.75 Å². The number of piperidine rings is 1. The number of nitrogens with two attached hydrogens (primary N) is 1. The molecule has 0 saturated carbocycles. The second-order valence-corrected chi connectivity index (χ2v) is 8.23. The molecule has 0 unspecified atom stereocenters. The molecule has 1 aliphatic rings. The van der Waals surface area contributed by atoms with E-state index >= 15 is 0 Å². The SMILES string of the molecule is NCc1ccc(O)c(C2CCN(C(=O)c3cncc(CCc4ccccc4)c3)CC2)c1. The monoisotopic (exact) mass is 415 g/mol. The predicted octanol–water partition coefficient (Wildman–Crippen LogP) is 4.05. The Hall–Kier alpha value is -3.18. The number of aromatic hydroxyl groups is 1. The van der Waals surface area contributed by atoms with Gasteiger partial charge in [-0.1, -0.05) is 42.5 Å². The molecule has 5 nitrogen and oxygen atoms in total. The average Bonchev–Trinajstić information content (AvgIpc) is 2.83. The number of pyridine rings is 1. The van der Waals surface area contributed by atoms with Gasteiger partial charge in [0.05, 0.1) is 5.56 Å². The molecule has 4 rings (SSSR count). The molecule has 1 aliphatic heterocycles. The highest BCUT2D eigenvalue weighted by Gasteiger charge is 2.26. The summed E-state index contributed by atoms with van der Waals surface area (Å²) in [4.78, 5) is 19.3. The first-order chi connectivity index (χ1) is 15.1. The minimum absolute atomic E-state index is 0.0347. The van der Waals surface area contributed by atoms with Crippen LogP contribution >= 0.6 is 0 Å². The Balaban J connectivity index is 1.37. The van der Waals surface area contributed by atoms with Gasteiger partial charge in [-0.05, 0) is 66.0 Å². The van der Waals surface area contributed by atoms with Crippen LogP contribution in [0.15, 0.2) is 67.0 Å². The molecule has 0 aliphatic carbocycles. The molecule has 0 spiro atoms. The van der Waals surface area contributed by atoms with E-state index in [0.717, 1.165) is 42.4 Å². The van der Waals surface area contributed by atoms with Crippen LogP contribution < -0.4 is 5.73 Å². The lowest BCUT2D eigenvalue weighted by atomic mass is 9.87. The number of aryl methyl sites for hydroxylation is 2. The second kappa shape index (κ2) is 9.75. The molecule has 0 radical (unpaired) electrons. The number of likely N-dealkylation sites (tertiary alicyclic amines) is 1. The quantitative estimate of drug-likeness (QED) is 0.637. The Morgan fingerprint density at radius 3 is 2.45 bits per heavy atom. The van der Waals surface area contributed by atoms with Gasteiger partial charge >= 0.3 is 0 Å². The molecular formula is C26H29N3O2. The molecule has 2 aromatic carbocycles. The van der Waals surface area contributed by atoms with Gasteiger partial charge in [-0.15, -0.1) is 0 Å². The number of aromatic nitrogens is 1. The van der Waals surface area contributed by atoms with E-state index in [1.165, 1.54) is 5.56 Å². The topological polar surface area (TPSA) is 79.5 Å². The molecule has 2 heterocycles. The van der Waals surface area contributed by atoms with Crippen LogP contribution in [0.1, 0.15) is 51.4 Å². The Kier molecular flexibility index (Phi) is 6.63. The Morgan fingerprint density at radius 1 is 0.968 bits per heavy atom. The maximum Gasteiger partial charge on any atom is 0.255 e. The van der Waals surface area contributed by atoms with Gasteiger partial charge in [0.25, 0.3) is 5.91 Å². The molecule has 1 aromatic heterocycles. The van der Waals surface area contributed by atoms with Crippen molar-refractivity contribution in [3.63, 3.8) is 0 Å². The van der Waals surface area contributed by atoms with Crippen molar-refractivity contribution in [3.05, 3.63) is 94.8 Å². The standard InChI is InChI=1S/C26H29N3O2/c27-16-20-8-9-25(30)24(15-20)22-10-12-29(13-11-22)26(31)23-14-21(17-28-18-23)7-6-19-4-2-1-3-5-19/h1-5,8-9,14-15,17-18,22,30H,6-7,10-13,16,27H2. The van der Waals surface area contributed by atoms with Crippen LogP contribution in [0.3, 0.4) is 0 Å². The van der Waals surface area contributed by atoms with Crippen molar-refractivity contribution in [3.8, 4) is 5.75 Å². The predicted molar refractivity (Wildman–Crippen MR) is 122 cm³/mol. The first-order valence-electron chi connectivity index (χ1n) is 10.9. The van der Waals surface area contributed by atoms with Crippen LogP contribution in [-0.2, 0) is 19.4 Å². The highest BCUT2D eigenvalue weighted by molar-refractivity contribution is 5.94. The summed E-state index contributed by atoms with van der Waals surface area (Å²) in [5.74, 6) is 0.593. The average molecular weight is 416 g/mol. The van der Waals surface area contributed by atoms with Gasteiger partial charge in [-0.2, -0.15) is 0 Å². The van der Waals surface area contributed by atoms with Crippen molar-refractivity contribution in [2.24, 2.45) is 5.73 Å². The van der Waals surface area contributed by atoms with Crippen LogP contribution in [0.4, 0.5) is 0 Å². The maximum atomic E-state index is 13.1. The van der Waals surface area contributed by atoms with Crippen molar-refractivity contribution in [2.75, 3.05) is 13.1 Å². The zero-order valence-electron chi connectivity index (χ0n) is 17.7. The van der Waals surface area contributed by atoms with E-state index in [2.05, 4.69) is 17.1 Å². The van der Waals surface area contributed by atoms with Crippen molar-refractivity contribution in [2.45, 2.75) is 38.1 Å². The number of nitrogens with zero attached hydrogens (tertiary/aromatic N) is 2.